The van der Waals surface area contributed by atoms with Gasteiger partial charge >= 0.3 is 0 Å². The molecule has 0 aliphatic carbocycles. The maximum atomic E-state index is 13.2. The second-order valence-corrected chi connectivity index (χ2v) is 3.34. The SMILES string of the molecule is Nc1cc(F)c(N2CC(F)C2)c(F)c1. The molecule has 0 aromatic heterocycles. The second-order valence-electron chi connectivity index (χ2n) is 3.34. The lowest BCUT2D eigenvalue weighted by Crippen LogP contribution is -2.49. The number of rotatable bonds is 1. The van der Waals surface area contributed by atoms with Crippen molar-refractivity contribution in [1.82, 2.24) is 0 Å². The van der Waals surface area contributed by atoms with Crippen molar-refractivity contribution in [2.75, 3.05) is 23.7 Å². The summed E-state index contributed by atoms with van der Waals surface area (Å²) in [5.74, 6) is -1.48. The Balaban J connectivity index is 2.33. The van der Waals surface area contributed by atoms with Gasteiger partial charge in [0, 0.05) is 5.69 Å². The average Bonchev–Trinajstić information content (AvgIpc) is 1.99. The van der Waals surface area contributed by atoms with Crippen LogP contribution in [-0.2, 0) is 0 Å². The van der Waals surface area contributed by atoms with Crippen molar-refractivity contribution in [3.05, 3.63) is 23.8 Å². The minimum Gasteiger partial charge on any atom is -0.399 e. The summed E-state index contributed by atoms with van der Waals surface area (Å²) < 4.78 is 38.9. The summed E-state index contributed by atoms with van der Waals surface area (Å²) in [4.78, 5) is 1.31. The minimum atomic E-state index is -0.994. The predicted molar refractivity (Wildman–Crippen MR) is 47.9 cm³/mol. The van der Waals surface area contributed by atoms with Gasteiger partial charge in [0.15, 0.2) is 11.6 Å². The molecule has 0 unspecified atom stereocenters. The van der Waals surface area contributed by atoms with Crippen LogP contribution < -0.4 is 10.6 Å². The molecule has 2 rings (SSSR count). The number of hydrogen-bond acceptors (Lipinski definition) is 2. The van der Waals surface area contributed by atoms with Crippen LogP contribution in [0.1, 0.15) is 0 Å². The van der Waals surface area contributed by atoms with Gasteiger partial charge in [-0.25, -0.2) is 13.2 Å². The third kappa shape index (κ3) is 1.38. The Morgan fingerprint density at radius 1 is 1.21 bits per heavy atom. The lowest BCUT2D eigenvalue weighted by Gasteiger charge is -2.36. The number of alkyl halides is 1. The molecule has 1 saturated heterocycles. The van der Waals surface area contributed by atoms with Crippen LogP contribution in [0.15, 0.2) is 12.1 Å². The molecule has 1 fully saturated rings. The van der Waals surface area contributed by atoms with Crippen LogP contribution in [0, 0.1) is 11.6 Å². The molecule has 1 aromatic carbocycles. The first-order chi connectivity index (χ1) is 6.58. The van der Waals surface area contributed by atoms with Gasteiger partial charge in [0.05, 0.1) is 13.1 Å². The van der Waals surface area contributed by atoms with Gasteiger partial charge < -0.3 is 10.6 Å². The van der Waals surface area contributed by atoms with Gasteiger partial charge in [0.2, 0.25) is 0 Å². The molecule has 14 heavy (non-hydrogen) atoms. The third-order valence-electron chi connectivity index (χ3n) is 2.19. The predicted octanol–water partition coefficient (Wildman–Crippen LogP) is 1.71. The van der Waals surface area contributed by atoms with E-state index in [0.29, 0.717) is 0 Å². The molecule has 2 N–H and O–H groups in total. The molecule has 1 aliphatic rings. The fraction of sp³-hybridized carbons (Fsp3) is 0.333. The molecule has 0 bridgehead atoms. The smallest absolute Gasteiger partial charge is 0.151 e. The van der Waals surface area contributed by atoms with E-state index in [-0.39, 0.29) is 24.5 Å². The molecule has 0 saturated carbocycles. The first-order valence-electron chi connectivity index (χ1n) is 4.21. The highest BCUT2D eigenvalue weighted by molar-refractivity contribution is 5.57. The van der Waals surface area contributed by atoms with Gasteiger partial charge in [0.1, 0.15) is 11.9 Å². The first-order valence-corrected chi connectivity index (χ1v) is 4.21. The van der Waals surface area contributed by atoms with Crippen molar-refractivity contribution in [2.45, 2.75) is 6.17 Å². The summed E-state index contributed by atoms with van der Waals surface area (Å²) in [7, 11) is 0. The molecule has 1 aromatic rings. The number of benzene rings is 1. The van der Waals surface area contributed by atoms with E-state index in [4.69, 9.17) is 5.73 Å². The van der Waals surface area contributed by atoms with E-state index in [1.807, 2.05) is 0 Å². The Morgan fingerprint density at radius 2 is 1.71 bits per heavy atom. The van der Waals surface area contributed by atoms with E-state index in [0.717, 1.165) is 12.1 Å². The highest BCUT2D eigenvalue weighted by atomic mass is 19.1. The monoisotopic (exact) mass is 202 g/mol. The van der Waals surface area contributed by atoms with Crippen LogP contribution in [0.25, 0.3) is 0 Å². The third-order valence-corrected chi connectivity index (χ3v) is 2.19. The van der Waals surface area contributed by atoms with Gasteiger partial charge in [-0.15, -0.1) is 0 Å². The molecule has 0 radical (unpaired) electrons. The highest BCUT2D eigenvalue weighted by Crippen LogP contribution is 2.30. The molecule has 5 heteroatoms. The average molecular weight is 202 g/mol. The van der Waals surface area contributed by atoms with E-state index >= 15 is 0 Å². The zero-order valence-electron chi connectivity index (χ0n) is 7.30. The summed E-state index contributed by atoms with van der Waals surface area (Å²) >= 11 is 0. The van der Waals surface area contributed by atoms with Crippen LogP contribution in [0.3, 0.4) is 0 Å². The van der Waals surface area contributed by atoms with E-state index < -0.39 is 17.8 Å². The number of nitrogen functional groups attached to an aromatic ring is 1. The number of halogens is 3. The van der Waals surface area contributed by atoms with Crippen molar-refractivity contribution in [1.29, 1.82) is 0 Å². The maximum Gasteiger partial charge on any atom is 0.151 e. The number of nitrogens with zero attached hydrogens (tertiary/aromatic N) is 1. The molecule has 0 amide bonds. The summed E-state index contributed by atoms with van der Waals surface area (Å²) in [6.07, 6.45) is -0.994. The Bertz CT molecular complexity index is 338. The zero-order chi connectivity index (χ0) is 10.3. The Kier molecular flexibility index (Phi) is 2.02. The van der Waals surface area contributed by atoms with Gasteiger partial charge in [-0.1, -0.05) is 0 Å². The highest BCUT2D eigenvalue weighted by Gasteiger charge is 2.30. The van der Waals surface area contributed by atoms with E-state index in [2.05, 4.69) is 0 Å². The van der Waals surface area contributed by atoms with Crippen molar-refractivity contribution in [3.63, 3.8) is 0 Å². The molecule has 1 aliphatic heterocycles. The van der Waals surface area contributed by atoms with Crippen molar-refractivity contribution in [2.24, 2.45) is 0 Å². The number of hydrogen-bond donors (Lipinski definition) is 1. The minimum absolute atomic E-state index is 0.0288. The number of anilines is 2. The fourth-order valence-corrected chi connectivity index (χ4v) is 1.49. The van der Waals surface area contributed by atoms with Crippen LogP contribution in [-0.4, -0.2) is 19.3 Å². The summed E-state index contributed by atoms with van der Waals surface area (Å²) in [6.45, 7) is 0.0789. The van der Waals surface area contributed by atoms with E-state index in [1.54, 1.807) is 0 Å². The van der Waals surface area contributed by atoms with E-state index in [1.165, 1.54) is 4.90 Å². The van der Waals surface area contributed by atoms with Crippen molar-refractivity contribution >= 4 is 11.4 Å². The fourth-order valence-electron chi connectivity index (χ4n) is 1.49. The topological polar surface area (TPSA) is 29.3 Å². The Labute approximate surface area is 79.1 Å². The van der Waals surface area contributed by atoms with E-state index in [9.17, 15) is 13.2 Å². The number of nitrogens with two attached hydrogens (primary N) is 1. The molecule has 2 nitrogen and oxygen atoms in total. The lowest BCUT2D eigenvalue weighted by atomic mass is 10.1. The molecule has 0 atom stereocenters. The largest absolute Gasteiger partial charge is 0.399 e. The zero-order valence-corrected chi connectivity index (χ0v) is 7.30. The van der Waals surface area contributed by atoms with Gasteiger partial charge in [-0.05, 0) is 12.1 Å². The summed E-state index contributed by atoms with van der Waals surface area (Å²) in [6, 6.07) is 2.06. The van der Waals surface area contributed by atoms with Crippen LogP contribution in [0.4, 0.5) is 24.5 Å². The van der Waals surface area contributed by atoms with Crippen LogP contribution >= 0.6 is 0 Å². The lowest BCUT2D eigenvalue weighted by molar-refractivity contribution is 0.271. The standard InChI is InChI=1S/C9H9F3N2/c10-5-3-14(4-5)9-7(11)1-6(13)2-8(9)12/h1-2,5H,3-4,13H2. The van der Waals surface area contributed by atoms with Gasteiger partial charge in [-0.2, -0.15) is 0 Å². The molecular weight excluding hydrogens is 193 g/mol. The quantitative estimate of drug-likeness (QED) is 0.702. The Hall–Kier alpha value is -1.39. The van der Waals surface area contributed by atoms with Gasteiger partial charge in [0.25, 0.3) is 0 Å². The molecule has 0 spiro atoms. The summed E-state index contributed by atoms with van der Waals surface area (Å²) in [5.41, 5.74) is 5.08. The van der Waals surface area contributed by atoms with Crippen molar-refractivity contribution < 1.29 is 13.2 Å². The normalized spacial score (nSPS) is 16.9. The molecule has 76 valence electrons. The second kappa shape index (κ2) is 3.08. The van der Waals surface area contributed by atoms with Gasteiger partial charge in [-0.3, -0.25) is 0 Å². The van der Waals surface area contributed by atoms with Crippen LogP contribution in [0.5, 0.6) is 0 Å². The van der Waals surface area contributed by atoms with Crippen molar-refractivity contribution in [3.8, 4) is 0 Å². The maximum absolute atomic E-state index is 13.2. The first kappa shape index (κ1) is 9.18. The van der Waals surface area contributed by atoms with Crippen LogP contribution in [0.2, 0.25) is 0 Å². The molecule has 1 heterocycles. The Morgan fingerprint density at radius 3 is 2.14 bits per heavy atom. The molecular formula is C9H9F3N2. The summed E-state index contributed by atoms with van der Waals surface area (Å²) in [5, 5.41) is 0.